The molecule has 7 rings (SSSR count). The van der Waals surface area contributed by atoms with Crippen molar-refractivity contribution in [1.82, 2.24) is 0 Å². The minimum absolute atomic E-state index is 0.00118. The predicted molar refractivity (Wildman–Crippen MR) is 276 cm³/mol. The molecular weight excluding hydrogens is 1060 g/mol. The maximum absolute atomic E-state index is 11.0. The molecule has 7 heterocycles. The fourth-order valence-electron chi connectivity index (χ4n) is 9.70. The van der Waals surface area contributed by atoms with E-state index in [0.717, 1.165) is 12.5 Å². The highest BCUT2D eigenvalue weighted by Crippen LogP contribution is 2.41. The second kappa shape index (κ2) is 30.6. The summed E-state index contributed by atoms with van der Waals surface area (Å²) in [7, 11) is 0. The molecule has 5 N–H and O–H groups in total. The van der Waals surface area contributed by atoms with Crippen molar-refractivity contribution >= 4 is 64.6 Å². The molecule has 21 nitrogen and oxygen atoms in total. The third-order valence-corrected chi connectivity index (χ3v) is 17.1. The van der Waals surface area contributed by atoms with Gasteiger partial charge in [-0.15, -0.1) is 0 Å². The highest BCUT2D eigenvalue weighted by molar-refractivity contribution is 6.76. The number of nitrogens with one attached hydrogen (secondary N) is 1. The van der Waals surface area contributed by atoms with Gasteiger partial charge in [0.05, 0.1) is 37.6 Å². The lowest BCUT2D eigenvalue weighted by molar-refractivity contribution is -0.248. The Balaban J connectivity index is 0.000000255. The van der Waals surface area contributed by atoms with Crippen molar-refractivity contribution in [2.45, 2.75) is 195 Å². The maximum atomic E-state index is 11.0. The van der Waals surface area contributed by atoms with Gasteiger partial charge in [0.15, 0.2) is 18.9 Å². The van der Waals surface area contributed by atoms with Gasteiger partial charge < -0.3 is 77.3 Å². The fourth-order valence-corrected chi connectivity index (χ4v) is 9.84. The Morgan fingerprint density at radius 1 is 0.447 bits per heavy atom. The van der Waals surface area contributed by atoms with Crippen LogP contribution in [0.15, 0.2) is 0 Å². The van der Waals surface area contributed by atoms with Crippen LogP contribution in [0.25, 0.3) is 0 Å². The van der Waals surface area contributed by atoms with Crippen molar-refractivity contribution < 1.29 is 96.4 Å². The topological polar surface area (TPSA) is 284 Å². The average molecular weight is 1150 g/mol. The van der Waals surface area contributed by atoms with Crippen LogP contribution in [0.1, 0.15) is 111 Å². The molecule has 0 aliphatic carbocycles. The number of hydrogen-bond donors (Lipinski definition) is 5. The number of halogens is 3. The van der Waals surface area contributed by atoms with E-state index >= 15 is 0 Å². The van der Waals surface area contributed by atoms with Gasteiger partial charge >= 0.3 is 23.9 Å². The molecule has 0 aromatic carbocycles. The molecular formula is C52H88Cl3NO20. The molecule has 0 aromatic rings. The Bertz CT molecular complexity index is 1770. The first kappa shape index (κ1) is 68.1. The molecule has 0 radical (unpaired) electrons. The Kier molecular flexibility index (Phi) is 27.4. The SMILES string of the molecule is CC(=O)OCC1OC(O)C(C)[C@@H](C)[C@@H]1C.CC(=O)OCC1OC(OC(=N)C(Cl)(Cl)Cl)C(C)[C@@H](C)[C@@H]1C.CC(=O)OCC1O[C@H](OC(C)=O)C(C)[C@@H](C)[C@@H]1C.CC1[C@@H]2OCC(O2)[C@@H](C)[C@H]1C.OC1[C@@H]2OCC(O2)[C@@H](O)[C@H]1O. The van der Waals surface area contributed by atoms with E-state index in [1.807, 2.05) is 34.6 Å². The molecule has 76 heavy (non-hydrogen) atoms. The van der Waals surface area contributed by atoms with E-state index < -0.39 is 59.3 Å². The molecule has 0 amide bonds. The first-order valence-electron chi connectivity index (χ1n) is 26.3. The number of carbonyl (C=O) groups excluding carboxylic acids is 4. The van der Waals surface area contributed by atoms with Gasteiger partial charge in [-0.1, -0.05) is 118 Å². The summed E-state index contributed by atoms with van der Waals surface area (Å²) < 4.78 is 61.5. The van der Waals surface area contributed by atoms with Crippen molar-refractivity contribution in [2.75, 3.05) is 33.0 Å². The summed E-state index contributed by atoms with van der Waals surface area (Å²) in [5.41, 5.74) is 0. The van der Waals surface area contributed by atoms with Gasteiger partial charge in [0.1, 0.15) is 44.2 Å². The van der Waals surface area contributed by atoms with E-state index in [4.69, 9.17) is 102 Å². The average Bonchev–Trinajstić information content (AvgIpc) is 4.03. The smallest absolute Gasteiger partial charge is 0.304 e. The molecule has 12 unspecified atom stereocenters. The first-order valence-corrected chi connectivity index (χ1v) is 27.5. The standard InChI is InChI=1S/C13H20Cl3NO4.C13H22O5.C11H20O4.C9H16O2.C6H10O5/c1-6-7(2)10(5-19-9(4)18)20-11(8(6)3)21-12(17)13(14,15)16;1-7-8(2)12(6-16-10(4)14)18-13(9(7)3)17-11(5)15;1-6-7(2)10(5-14-9(4)12)15-11(13)8(6)3;1-5-6(2)8-4-10-9(11-8)7(5)3;7-3-2-1-10-6(11-2)5(9)4(3)8/h6-8,10-11,17H,5H2,1-4H3;7-9,12-13H,6H2,1-5H3;6-8,10-11,13H,5H2,1-4H3;5-9H,4H2,1-3H3;2-9H,1H2/t6-,7-,8?,10?,11?;7-,8-,9?,12?,13-;6-,7-,8?,10?,11?;5-,6+,7?,8?,9-;2?,3-,4-,5?,6-/m00011/s1. The molecule has 0 saturated carbocycles. The molecule has 442 valence electrons. The summed E-state index contributed by atoms with van der Waals surface area (Å²) in [6, 6.07) is 0. The quantitative estimate of drug-likeness (QED) is 0.0618. The van der Waals surface area contributed by atoms with Crippen LogP contribution in [0.5, 0.6) is 0 Å². The van der Waals surface area contributed by atoms with Crippen molar-refractivity contribution in [3.8, 4) is 0 Å². The van der Waals surface area contributed by atoms with Gasteiger partial charge in [-0.05, 0) is 47.3 Å². The monoisotopic (exact) mass is 1150 g/mol. The first-order chi connectivity index (χ1) is 35.2. The lowest BCUT2D eigenvalue weighted by Crippen LogP contribution is -2.53. The lowest BCUT2D eigenvalue weighted by Gasteiger charge is -2.43. The number of rotatable bonds is 8. The number of aliphatic hydroxyl groups is 4. The molecule has 7 fully saturated rings. The molecule has 7 saturated heterocycles. The third kappa shape index (κ3) is 19.2. The van der Waals surface area contributed by atoms with E-state index in [0.29, 0.717) is 29.8 Å². The number of fused-ring (bicyclic) bond motifs is 4. The van der Waals surface area contributed by atoms with Crippen molar-refractivity contribution in [3.05, 3.63) is 0 Å². The molecule has 4 bridgehead atoms. The predicted octanol–water partition coefficient (Wildman–Crippen LogP) is 5.94. The van der Waals surface area contributed by atoms with Crippen molar-refractivity contribution in [3.63, 3.8) is 0 Å². The zero-order chi connectivity index (χ0) is 57.8. The van der Waals surface area contributed by atoms with E-state index in [9.17, 15) is 34.5 Å². The van der Waals surface area contributed by atoms with Crippen molar-refractivity contribution in [2.24, 2.45) is 71.0 Å². The Hall–Kier alpha value is -2.22. The molecule has 0 aromatic heterocycles. The largest absolute Gasteiger partial charge is 0.463 e. The highest BCUT2D eigenvalue weighted by atomic mass is 35.6. The van der Waals surface area contributed by atoms with Crippen LogP contribution in [0.2, 0.25) is 0 Å². The number of aliphatic hydroxyl groups excluding tert-OH is 4. The van der Waals surface area contributed by atoms with Crippen LogP contribution < -0.4 is 0 Å². The van der Waals surface area contributed by atoms with Gasteiger partial charge in [0.2, 0.25) is 18.5 Å². The third-order valence-electron chi connectivity index (χ3n) is 16.6. The minimum Gasteiger partial charge on any atom is -0.463 e. The Labute approximate surface area is 463 Å². The summed E-state index contributed by atoms with van der Waals surface area (Å²) in [6.45, 7) is 32.1. The van der Waals surface area contributed by atoms with Crippen LogP contribution in [0.4, 0.5) is 0 Å². The number of ether oxygens (including phenoxy) is 12. The summed E-state index contributed by atoms with van der Waals surface area (Å²) in [5, 5.41) is 44.8. The second-order valence-electron chi connectivity index (χ2n) is 21.6. The second-order valence-corrected chi connectivity index (χ2v) is 23.9. The minimum atomic E-state index is -1.93. The zero-order valence-corrected chi connectivity index (χ0v) is 49.2. The zero-order valence-electron chi connectivity index (χ0n) is 46.9. The fraction of sp³-hybridized carbons (Fsp3) is 0.904. The van der Waals surface area contributed by atoms with Gasteiger partial charge in [-0.3, -0.25) is 24.6 Å². The normalized spacial score (nSPS) is 42.2. The number of hydrogen-bond acceptors (Lipinski definition) is 21. The Morgan fingerprint density at radius 3 is 1.26 bits per heavy atom. The summed E-state index contributed by atoms with van der Waals surface area (Å²) >= 11 is 16.8. The lowest BCUT2D eigenvalue weighted by atomic mass is 9.79. The summed E-state index contributed by atoms with van der Waals surface area (Å²) in [5.74, 6) is 1.93. The van der Waals surface area contributed by atoms with Gasteiger partial charge in [0.25, 0.3) is 3.79 Å². The van der Waals surface area contributed by atoms with Crippen LogP contribution >= 0.6 is 34.8 Å². The van der Waals surface area contributed by atoms with Crippen molar-refractivity contribution in [1.29, 1.82) is 5.41 Å². The molecule has 25 atom stereocenters. The van der Waals surface area contributed by atoms with E-state index in [2.05, 4.69) is 48.5 Å². The van der Waals surface area contributed by atoms with Crippen LogP contribution in [0, 0.1) is 76.4 Å². The molecule has 7 aliphatic heterocycles. The number of carbonyl (C=O) groups is 4. The van der Waals surface area contributed by atoms with E-state index in [-0.39, 0.29) is 116 Å². The summed E-state index contributed by atoms with van der Waals surface area (Å²) in [6.07, 6.45) is -6.92. The molecule has 24 heteroatoms. The highest BCUT2D eigenvalue weighted by Gasteiger charge is 2.49. The maximum Gasteiger partial charge on any atom is 0.304 e. The molecule has 7 aliphatic rings. The van der Waals surface area contributed by atoms with E-state index in [1.54, 1.807) is 0 Å². The molecule has 0 spiro atoms. The van der Waals surface area contributed by atoms with Crippen LogP contribution in [-0.2, 0) is 76.0 Å². The van der Waals surface area contributed by atoms with Gasteiger partial charge in [0, 0.05) is 51.4 Å². The van der Waals surface area contributed by atoms with Crippen LogP contribution in [-0.4, -0.2) is 167 Å². The number of alkyl halides is 3. The summed E-state index contributed by atoms with van der Waals surface area (Å²) in [4.78, 5) is 43.5. The van der Waals surface area contributed by atoms with Gasteiger partial charge in [-0.2, -0.15) is 0 Å². The number of esters is 4. The van der Waals surface area contributed by atoms with Gasteiger partial charge in [-0.25, -0.2) is 0 Å². The van der Waals surface area contributed by atoms with E-state index in [1.165, 1.54) is 27.7 Å². The van der Waals surface area contributed by atoms with Crippen LogP contribution in [0.3, 0.4) is 0 Å². The Morgan fingerprint density at radius 2 is 0.829 bits per heavy atom.